The Morgan fingerprint density at radius 3 is 2.59 bits per heavy atom. The van der Waals surface area contributed by atoms with Gasteiger partial charge in [0, 0.05) is 37.7 Å². The molecule has 1 atom stereocenters. The van der Waals surface area contributed by atoms with Crippen molar-refractivity contribution in [2.75, 3.05) is 13.1 Å². The SMILES string of the molecule is CC[C@@H]1CN(C(=O)c2ccc(C)c(O)c2)CCC(=O)N1Cc1ccccc1. The van der Waals surface area contributed by atoms with Crippen LogP contribution in [0.25, 0.3) is 0 Å². The summed E-state index contributed by atoms with van der Waals surface area (Å²) in [6.07, 6.45) is 1.09. The second-order valence-corrected chi connectivity index (χ2v) is 7.07. The van der Waals surface area contributed by atoms with E-state index in [4.69, 9.17) is 0 Å². The number of carbonyl (C=O) groups is 2. The van der Waals surface area contributed by atoms with Crippen LogP contribution in [0.5, 0.6) is 5.75 Å². The highest BCUT2D eigenvalue weighted by Crippen LogP contribution is 2.22. The van der Waals surface area contributed by atoms with Gasteiger partial charge in [0.1, 0.15) is 5.75 Å². The molecule has 0 aromatic heterocycles. The van der Waals surface area contributed by atoms with Gasteiger partial charge in [-0.15, -0.1) is 0 Å². The number of phenols is 1. The van der Waals surface area contributed by atoms with Gasteiger partial charge in [-0.25, -0.2) is 0 Å². The van der Waals surface area contributed by atoms with Crippen molar-refractivity contribution in [3.05, 3.63) is 65.2 Å². The first-order valence-electron chi connectivity index (χ1n) is 9.42. The predicted octanol–water partition coefficient (Wildman–Crippen LogP) is 3.35. The second kappa shape index (κ2) is 8.25. The number of nitrogens with zero attached hydrogens (tertiary/aromatic N) is 2. The minimum Gasteiger partial charge on any atom is -0.508 e. The fourth-order valence-corrected chi connectivity index (χ4v) is 3.48. The maximum absolute atomic E-state index is 12.9. The van der Waals surface area contributed by atoms with Crippen LogP contribution in [0, 0.1) is 6.92 Å². The lowest BCUT2D eigenvalue weighted by atomic mass is 10.1. The normalized spacial score (nSPS) is 17.7. The Balaban J connectivity index is 1.79. The number of hydrogen-bond acceptors (Lipinski definition) is 3. The van der Waals surface area contributed by atoms with Crippen molar-refractivity contribution in [1.82, 2.24) is 9.80 Å². The summed E-state index contributed by atoms with van der Waals surface area (Å²) < 4.78 is 0. The van der Waals surface area contributed by atoms with Gasteiger partial charge in [0.25, 0.3) is 5.91 Å². The van der Waals surface area contributed by atoms with Crippen LogP contribution in [0.2, 0.25) is 0 Å². The number of amides is 2. The van der Waals surface area contributed by atoms with E-state index in [9.17, 15) is 14.7 Å². The van der Waals surface area contributed by atoms with Gasteiger partial charge in [-0.05, 0) is 36.6 Å². The maximum Gasteiger partial charge on any atom is 0.254 e. The van der Waals surface area contributed by atoms with Crippen molar-refractivity contribution < 1.29 is 14.7 Å². The smallest absolute Gasteiger partial charge is 0.254 e. The Morgan fingerprint density at radius 1 is 1.19 bits per heavy atom. The van der Waals surface area contributed by atoms with Crippen molar-refractivity contribution in [3.63, 3.8) is 0 Å². The molecule has 2 amide bonds. The molecule has 5 heteroatoms. The highest BCUT2D eigenvalue weighted by molar-refractivity contribution is 5.95. The first kappa shape index (κ1) is 19.0. The number of rotatable bonds is 4. The van der Waals surface area contributed by atoms with Crippen molar-refractivity contribution in [3.8, 4) is 5.75 Å². The van der Waals surface area contributed by atoms with E-state index in [1.54, 1.807) is 24.0 Å². The molecule has 27 heavy (non-hydrogen) atoms. The molecule has 0 bridgehead atoms. The molecule has 5 nitrogen and oxygen atoms in total. The van der Waals surface area contributed by atoms with E-state index < -0.39 is 0 Å². The lowest BCUT2D eigenvalue weighted by Crippen LogP contribution is -2.43. The molecule has 3 rings (SSSR count). The molecule has 0 radical (unpaired) electrons. The van der Waals surface area contributed by atoms with Crippen LogP contribution in [-0.4, -0.2) is 45.9 Å². The number of benzene rings is 2. The van der Waals surface area contributed by atoms with Crippen LogP contribution in [0.3, 0.4) is 0 Å². The number of aryl methyl sites for hydroxylation is 1. The Kier molecular flexibility index (Phi) is 5.79. The summed E-state index contributed by atoms with van der Waals surface area (Å²) in [5, 5.41) is 9.92. The number of carbonyl (C=O) groups excluding carboxylic acids is 2. The van der Waals surface area contributed by atoms with Crippen LogP contribution in [0.1, 0.15) is 41.3 Å². The van der Waals surface area contributed by atoms with Crippen LogP contribution in [0.15, 0.2) is 48.5 Å². The van der Waals surface area contributed by atoms with E-state index in [1.165, 1.54) is 6.07 Å². The van der Waals surface area contributed by atoms with E-state index in [-0.39, 0.29) is 23.6 Å². The highest BCUT2D eigenvalue weighted by Gasteiger charge is 2.31. The molecule has 1 fully saturated rings. The molecular formula is C22H26N2O3. The van der Waals surface area contributed by atoms with Gasteiger partial charge in [-0.3, -0.25) is 9.59 Å². The lowest BCUT2D eigenvalue weighted by molar-refractivity contribution is -0.133. The zero-order valence-electron chi connectivity index (χ0n) is 15.9. The molecule has 1 saturated heterocycles. The Labute approximate surface area is 160 Å². The molecule has 0 unspecified atom stereocenters. The van der Waals surface area contributed by atoms with Gasteiger partial charge in [0.05, 0.1) is 0 Å². The summed E-state index contributed by atoms with van der Waals surface area (Å²) in [5.41, 5.74) is 2.28. The highest BCUT2D eigenvalue weighted by atomic mass is 16.3. The molecule has 0 aliphatic carbocycles. The minimum atomic E-state index is -0.141. The van der Waals surface area contributed by atoms with Gasteiger partial charge < -0.3 is 14.9 Å². The van der Waals surface area contributed by atoms with Gasteiger partial charge in [0.15, 0.2) is 0 Å². The van der Waals surface area contributed by atoms with Crippen molar-refractivity contribution >= 4 is 11.8 Å². The topological polar surface area (TPSA) is 60.9 Å². The second-order valence-electron chi connectivity index (χ2n) is 7.07. The quantitative estimate of drug-likeness (QED) is 0.903. The summed E-state index contributed by atoms with van der Waals surface area (Å²) in [6, 6.07) is 14.9. The monoisotopic (exact) mass is 366 g/mol. The number of aromatic hydroxyl groups is 1. The van der Waals surface area contributed by atoms with Crippen LogP contribution in [0.4, 0.5) is 0 Å². The molecule has 142 valence electrons. The number of hydrogen-bond donors (Lipinski definition) is 1. The van der Waals surface area contributed by atoms with Gasteiger partial charge in [-0.1, -0.05) is 43.3 Å². The molecule has 1 heterocycles. The van der Waals surface area contributed by atoms with E-state index >= 15 is 0 Å². The van der Waals surface area contributed by atoms with E-state index in [2.05, 4.69) is 0 Å². The molecular weight excluding hydrogens is 340 g/mol. The van der Waals surface area contributed by atoms with Crippen molar-refractivity contribution in [2.24, 2.45) is 0 Å². The lowest BCUT2D eigenvalue weighted by Gasteiger charge is -2.31. The fraction of sp³-hybridized carbons (Fsp3) is 0.364. The molecule has 0 spiro atoms. The standard InChI is InChI=1S/C22H26N2O3/c1-3-19-15-23(22(27)18-10-9-16(2)20(25)13-18)12-11-21(26)24(19)14-17-7-5-4-6-8-17/h4-10,13,19,25H,3,11-12,14-15H2,1-2H3/t19-/m1/s1. The first-order chi connectivity index (χ1) is 13.0. The summed E-state index contributed by atoms with van der Waals surface area (Å²) in [6.45, 7) is 5.30. The molecule has 2 aromatic carbocycles. The third-order valence-corrected chi connectivity index (χ3v) is 5.20. The molecule has 2 aromatic rings. The molecule has 0 saturated carbocycles. The van der Waals surface area contributed by atoms with Crippen molar-refractivity contribution in [2.45, 2.75) is 39.3 Å². The Morgan fingerprint density at radius 2 is 1.93 bits per heavy atom. The Hall–Kier alpha value is -2.82. The summed E-state index contributed by atoms with van der Waals surface area (Å²) in [4.78, 5) is 29.3. The summed E-state index contributed by atoms with van der Waals surface area (Å²) in [7, 11) is 0. The minimum absolute atomic E-state index is 0.0248. The fourth-order valence-electron chi connectivity index (χ4n) is 3.48. The number of phenolic OH excluding ortho intramolecular Hbond substituents is 1. The largest absolute Gasteiger partial charge is 0.508 e. The van der Waals surface area contributed by atoms with Crippen molar-refractivity contribution in [1.29, 1.82) is 0 Å². The maximum atomic E-state index is 12.9. The zero-order chi connectivity index (χ0) is 19.4. The molecule has 1 N–H and O–H groups in total. The van der Waals surface area contributed by atoms with Gasteiger partial charge >= 0.3 is 0 Å². The zero-order valence-corrected chi connectivity index (χ0v) is 15.9. The third-order valence-electron chi connectivity index (χ3n) is 5.20. The van der Waals surface area contributed by atoms with E-state index in [0.29, 0.717) is 31.6 Å². The van der Waals surface area contributed by atoms with E-state index in [1.807, 2.05) is 42.2 Å². The summed E-state index contributed by atoms with van der Waals surface area (Å²) >= 11 is 0. The average molecular weight is 366 g/mol. The van der Waals surface area contributed by atoms with Crippen LogP contribution < -0.4 is 0 Å². The first-order valence-corrected chi connectivity index (χ1v) is 9.42. The Bertz CT molecular complexity index is 820. The van der Waals surface area contributed by atoms with Gasteiger partial charge in [0.2, 0.25) is 5.91 Å². The third kappa shape index (κ3) is 4.30. The summed E-state index contributed by atoms with van der Waals surface area (Å²) in [5.74, 6) is 0.0513. The van der Waals surface area contributed by atoms with Crippen LogP contribution >= 0.6 is 0 Å². The molecule has 1 aliphatic heterocycles. The average Bonchev–Trinajstić information content (AvgIpc) is 2.84. The van der Waals surface area contributed by atoms with E-state index in [0.717, 1.165) is 17.5 Å². The molecule has 1 aliphatic rings. The van der Waals surface area contributed by atoms with Gasteiger partial charge in [-0.2, -0.15) is 0 Å². The van der Waals surface area contributed by atoms with Crippen LogP contribution in [-0.2, 0) is 11.3 Å². The predicted molar refractivity (Wildman–Crippen MR) is 104 cm³/mol.